The summed E-state index contributed by atoms with van der Waals surface area (Å²) in [5.74, 6) is -0.354. The standard InChI is InChI=1S/C17H18FN5O2S/c1-3-21-13-14(22(4-2)17(21)25)20-23-15(24)12(26-16(23)19-13)9-10-6-5-7-11(18)8-10/h5-9,13-14,20H,3-4H2,1-2H3/b12-9-. The summed E-state index contributed by atoms with van der Waals surface area (Å²) in [6.07, 6.45) is 0.899. The highest BCUT2D eigenvalue weighted by Gasteiger charge is 2.46. The second-order valence-electron chi connectivity index (χ2n) is 6.06. The number of urea groups is 1. The minimum atomic E-state index is -0.380. The van der Waals surface area contributed by atoms with Crippen molar-refractivity contribution in [2.24, 2.45) is 4.99 Å². The average molecular weight is 375 g/mol. The van der Waals surface area contributed by atoms with Crippen LogP contribution in [0.1, 0.15) is 19.4 Å². The van der Waals surface area contributed by atoms with E-state index in [1.807, 2.05) is 13.8 Å². The third-order valence-electron chi connectivity index (χ3n) is 4.57. The quantitative estimate of drug-likeness (QED) is 0.849. The zero-order valence-corrected chi connectivity index (χ0v) is 15.2. The predicted molar refractivity (Wildman–Crippen MR) is 96.4 cm³/mol. The van der Waals surface area contributed by atoms with E-state index >= 15 is 0 Å². The smallest absolute Gasteiger partial charge is 0.299 e. The summed E-state index contributed by atoms with van der Waals surface area (Å²) in [6.45, 7) is 4.86. The molecule has 3 heterocycles. The number of rotatable bonds is 3. The highest BCUT2D eigenvalue weighted by Crippen LogP contribution is 2.23. The van der Waals surface area contributed by atoms with Crippen LogP contribution in [0.3, 0.4) is 0 Å². The Balaban J connectivity index is 1.82. The van der Waals surface area contributed by atoms with Crippen molar-refractivity contribution in [3.63, 3.8) is 0 Å². The summed E-state index contributed by atoms with van der Waals surface area (Å²) >= 11 is 1.22. The zero-order valence-electron chi connectivity index (χ0n) is 14.3. The molecule has 0 aliphatic carbocycles. The number of aromatic nitrogens is 1. The molecule has 0 radical (unpaired) electrons. The predicted octanol–water partition coefficient (Wildman–Crippen LogP) is 0.484. The molecule has 1 N–H and O–H groups in total. The number of benzene rings is 1. The Morgan fingerprint density at radius 2 is 2.04 bits per heavy atom. The van der Waals surface area contributed by atoms with Gasteiger partial charge in [0.15, 0.2) is 12.3 Å². The Bertz CT molecular complexity index is 1050. The maximum Gasteiger partial charge on any atom is 0.323 e. The van der Waals surface area contributed by atoms with E-state index in [9.17, 15) is 14.0 Å². The van der Waals surface area contributed by atoms with Gasteiger partial charge in [-0.1, -0.05) is 23.5 Å². The van der Waals surface area contributed by atoms with Crippen molar-refractivity contribution < 1.29 is 9.18 Å². The van der Waals surface area contributed by atoms with Crippen LogP contribution < -0.4 is 20.3 Å². The molecule has 2 aliphatic rings. The molecule has 0 spiro atoms. The van der Waals surface area contributed by atoms with Gasteiger partial charge in [0.25, 0.3) is 5.56 Å². The molecule has 9 heteroatoms. The highest BCUT2D eigenvalue weighted by molar-refractivity contribution is 7.07. The van der Waals surface area contributed by atoms with Gasteiger partial charge < -0.3 is 0 Å². The lowest BCUT2D eigenvalue weighted by atomic mass is 10.2. The van der Waals surface area contributed by atoms with Gasteiger partial charge in [0.2, 0.25) is 4.80 Å². The normalized spacial score (nSPS) is 22.1. The fourth-order valence-corrected chi connectivity index (χ4v) is 4.28. The number of carbonyl (C=O) groups excluding carboxylic acids is 1. The van der Waals surface area contributed by atoms with Gasteiger partial charge in [-0.3, -0.25) is 20.0 Å². The molecule has 2 aromatic rings. The number of nitrogens with one attached hydrogen (secondary N) is 1. The lowest BCUT2D eigenvalue weighted by molar-refractivity contribution is 0.189. The summed E-state index contributed by atoms with van der Waals surface area (Å²) in [7, 11) is 0. The largest absolute Gasteiger partial charge is 0.323 e. The molecule has 0 saturated carbocycles. The van der Waals surface area contributed by atoms with Crippen LogP contribution >= 0.6 is 11.3 Å². The van der Waals surface area contributed by atoms with Crippen molar-refractivity contribution in [2.45, 2.75) is 26.2 Å². The van der Waals surface area contributed by atoms with Crippen LogP contribution in [-0.4, -0.2) is 45.9 Å². The second-order valence-corrected chi connectivity index (χ2v) is 7.07. The molecule has 1 aromatic heterocycles. The number of carbonyl (C=O) groups is 1. The second kappa shape index (κ2) is 6.24. The SMILES string of the molecule is CCN1C(=O)N(CC)C2Nn3c(s/c(=C\c4cccc(F)c4)c3=O)=NC21. The van der Waals surface area contributed by atoms with Crippen molar-refractivity contribution >= 4 is 23.4 Å². The molecule has 2 amide bonds. The molecule has 2 aliphatic heterocycles. The van der Waals surface area contributed by atoms with Crippen molar-refractivity contribution in [3.05, 3.63) is 55.3 Å². The van der Waals surface area contributed by atoms with Crippen LogP contribution in [0.4, 0.5) is 9.18 Å². The van der Waals surface area contributed by atoms with E-state index in [1.165, 1.54) is 28.1 Å². The number of fused-ring (bicyclic) bond motifs is 2. The van der Waals surface area contributed by atoms with Crippen molar-refractivity contribution in [1.82, 2.24) is 14.5 Å². The highest BCUT2D eigenvalue weighted by atomic mass is 32.1. The van der Waals surface area contributed by atoms with E-state index in [4.69, 9.17) is 0 Å². The summed E-state index contributed by atoms with van der Waals surface area (Å²) in [5.41, 5.74) is 3.49. The van der Waals surface area contributed by atoms with Crippen LogP contribution in [0.15, 0.2) is 34.1 Å². The Morgan fingerprint density at radius 1 is 1.27 bits per heavy atom. The average Bonchev–Trinajstić information content (AvgIpc) is 3.06. The van der Waals surface area contributed by atoms with Crippen LogP contribution in [0.5, 0.6) is 0 Å². The number of thiazole rings is 1. The first-order valence-corrected chi connectivity index (χ1v) is 9.26. The van der Waals surface area contributed by atoms with Gasteiger partial charge in [0.05, 0.1) is 4.53 Å². The number of nitrogens with zero attached hydrogens (tertiary/aromatic N) is 4. The fourth-order valence-electron chi connectivity index (χ4n) is 3.33. The summed E-state index contributed by atoms with van der Waals surface area (Å²) in [6, 6.07) is 5.98. The van der Waals surface area contributed by atoms with Gasteiger partial charge in [-0.2, -0.15) is 4.68 Å². The molecule has 2 unspecified atom stereocenters. The molecular weight excluding hydrogens is 357 g/mol. The molecular formula is C17H18FN5O2S. The van der Waals surface area contributed by atoms with E-state index in [0.29, 0.717) is 28.0 Å². The van der Waals surface area contributed by atoms with Gasteiger partial charge >= 0.3 is 6.03 Å². The molecule has 26 heavy (non-hydrogen) atoms. The van der Waals surface area contributed by atoms with E-state index in [2.05, 4.69) is 10.4 Å². The molecule has 1 saturated heterocycles. The van der Waals surface area contributed by atoms with Gasteiger partial charge in [0, 0.05) is 13.1 Å². The van der Waals surface area contributed by atoms with E-state index < -0.39 is 0 Å². The lowest BCUT2D eigenvalue weighted by Gasteiger charge is -2.28. The number of hydrogen-bond acceptors (Lipinski definition) is 5. The third-order valence-corrected chi connectivity index (χ3v) is 5.55. The molecule has 1 aromatic carbocycles. The first-order chi connectivity index (χ1) is 12.5. The molecule has 136 valence electrons. The van der Waals surface area contributed by atoms with Crippen molar-refractivity contribution in [2.75, 3.05) is 18.5 Å². The Morgan fingerprint density at radius 3 is 2.73 bits per heavy atom. The number of hydrogen-bond donors (Lipinski definition) is 1. The number of halogens is 1. The number of amides is 2. The van der Waals surface area contributed by atoms with Gasteiger partial charge in [-0.15, -0.1) is 0 Å². The molecule has 4 rings (SSSR count). The van der Waals surface area contributed by atoms with E-state index in [-0.39, 0.29) is 29.7 Å². The fraction of sp³-hybridized carbons (Fsp3) is 0.353. The maximum atomic E-state index is 13.4. The Kier molecular flexibility index (Phi) is 4.03. The topological polar surface area (TPSA) is 69.9 Å². The molecule has 0 bridgehead atoms. The van der Waals surface area contributed by atoms with Crippen LogP contribution in [0.2, 0.25) is 0 Å². The zero-order chi connectivity index (χ0) is 18.4. The Hall–Kier alpha value is -2.68. The lowest BCUT2D eigenvalue weighted by Crippen LogP contribution is -2.55. The minimum Gasteiger partial charge on any atom is -0.299 e. The summed E-state index contributed by atoms with van der Waals surface area (Å²) in [5, 5.41) is 0. The number of likely N-dealkylation sites (N-methyl/N-ethyl adjacent to an activating group) is 2. The van der Waals surface area contributed by atoms with Crippen molar-refractivity contribution in [3.8, 4) is 0 Å². The minimum absolute atomic E-state index is 0.0870. The monoisotopic (exact) mass is 375 g/mol. The summed E-state index contributed by atoms with van der Waals surface area (Å²) in [4.78, 5) is 33.7. The first kappa shape index (κ1) is 16.8. The van der Waals surface area contributed by atoms with Gasteiger partial charge in [-0.05, 0) is 37.6 Å². The molecule has 1 fully saturated rings. The first-order valence-electron chi connectivity index (χ1n) is 8.44. The summed E-state index contributed by atoms with van der Waals surface area (Å²) < 4.78 is 15.2. The molecule has 2 atom stereocenters. The van der Waals surface area contributed by atoms with Crippen LogP contribution in [0, 0.1) is 5.82 Å². The van der Waals surface area contributed by atoms with E-state index in [1.54, 1.807) is 28.0 Å². The molecule has 7 nitrogen and oxygen atoms in total. The Labute approximate surface area is 152 Å². The van der Waals surface area contributed by atoms with Crippen molar-refractivity contribution in [1.29, 1.82) is 0 Å². The third kappa shape index (κ3) is 2.50. The van der Waals surface area contributed by atoms with Crippen LogP contribution in [0.25, 0.3) is 6.08 Å². The van der Waals surface area contributed by atoms with Gasteiger partial charge in [0.1, 0.15) is 5.82 Å². The van der Waals surface area contributed by atoms with Gasteiger partial charge in [-0.25, -0.2) is 14.2 Å². The van der Waals surface area contributed by atoms with E-state index in [0.717, 1.165) is 0 Å². The van der Waals surface area contributed by atoms with Crippen LogP contribution in [-0.2, 0) is 0 Å². The maximum absolute atomic E-state index is 13.4.